The van der Waals surface area contributed by atoms with Crippen LogP contribution in [0, 0.1) is 12.8 Å². The highest BCUT2D eigenvalue weighted by molar-refractivity contribution is 8.00. The molecule has 0 amide bonds. The molecule has 86 valence electrons. The smallest absolute Gasteiger partial charge is 0.170 e. The summed E-state index contributed by atoms with van der Waals surface area (Å²) in [7, 11) is 0. The van der Waals surface area contributed by atoms with E-state index in [-0.39, 0.29) is 0 Å². The molecule has 15 heavy (non-hydrogen) atoms. The summed E-state index contributed by atoms with van der Waals surface area (Å²) in [4.78, 5) is 4.31. The topological polar surface area (TPSA) is 37.8 Å². The van der Waals surface area contributed by atoms with Crippen molar-refractivity contribution in [2.24, 2.45) is 5.92 Å². The van der Waals surface area contributed by atoms with Crippen molar-refractivity contribution in [2.45, 2.75) is 31.5 Å². The molecule has 0 radical (unpaired) electrons. The molecule has 0 atom stereocenters. The first-order valence-electron chi connectivity index (χ1n) is 5.32. The van der Waals surface area contributed by atoms with Gasteiger partial charge in [-0.15, -0.1) is 0 Å². The van der Waals surface area contributed by atoms with E-state index in [1.807, 2.05) is 6.92 Å². The maximum absolute atomic E-state index is 4.31. The minimum absolute atomic E-state index is 0.739. The fraction of sp³-hybridized carbons (Fsp3) is 0.800. The van der Waals surface area contributed by atoms with Gasteiger partial charge in [0.1, 0.15) is 5.82 Å². The lowest BCUT2D eigenvalue weighted by Crippen LogP contribution is -2.21. The van der Waals surface area contributed by atoms with Crippen LogP contribution in [-0.4, -0.2) is 28.2 Å². The molecule has 0 aliphatic rings. The molecule has 0 spiro atoms. The summed E-state index contributed by atoms with van der Waals surface area (Å²) in [5, 5.41) is 3.43. The average Bonchev–Trinajstić information content (AvgIpc) is 2.57. The summed E-state index contributed by atoms with van der Waals surface area (Å²) < 4.78 is 5.24. The molecule has 1 N–H and O–H groups in total. The molecule has 1 heterocycles. The SMILES string of the molecule is Cc1nsc(SCCCNCC(C)C)n1. The van der Waals surface area contributed by atoms with E-state index in [1.165, 1.54) is 18.0 Å². The van der Waals surface area contributed by atoms with Crippen molar-refractivity contribution in [1.29, 1.82) is 0 Å². The summed E-state index contributed by atoms with van der Waals surface area (Å²) in [6, 6.07) is 0. The highest BCUT2D eigenvalue weighted by atomic mass is 32.2. The summed E-state index contributed by atoms with van der Waals surface area (Å²) >= 11 is 3.30. The molecule has 1 rings (SSSR count). The van der Waals surface area contributed by atoms with Crippen LogP contribution in [0.1, 0.15) is 26.1 Å². The van der Waals surface area contributed by atoms with Gasteiger partial charge in [0.05, 0.1) is 0 Å². The van der Waals surface area contributed by atoms with E-state index in [9.17, 15) is 0 Å². The van der Waals surface area contributed by atoms with Crippen LogP contribution in [0.2, 0.25) is 0 Å². The van der Waals surface area contributed by atoms with Crippen LogP contribution >= 0.6 is 23.3 Å². The molecule has 0 saturated carbocycles. The van der Waals surface area contributed by atoms with E-state index in [2.05, 4.69) is 28.5 Å². The Morgan fingerprint density at radius 1 is 1.47 bits per heavy atom. The summed E-state index contributed by atoms with van der Waals surface area (Å²) in [5.41, 5.74) is 0. The zero-order valence-electron chi connectivity index (χ0n) is 9.62. The Hall–Kier alpha value is -0.130. The van der Waals surface area contributed by atoms with Gasteiger partial charge in [-0.1, -0.05) is 25.6 Å². The summed E-state index contributed by atoms with van der Waals surface area (Å²) in [6.07, 6.45) is 1.19. The molecule has 0 bridgehead atoms. The third-order valence-electron chi connectivity index (χ3n) is 1.78. The first-order valence-corrected chi connectivity index (χ1v) is 7.08. The van der Waals surface area contributed by atoms with Gasteiger partial charge in [-0.05, 0) is 43.9 Å². The van der Waals surface area contributed by atoms with Crippen LogP contribution in [0.5, 0.6) is 0 Å². The molecule has 0 saturated heterocycles. The number of nitrogens with one attached hydrogen (secondary N) is 1. The minimum Gasteiger partial charge on any atom is -0.316 e. The van der Waals surface area contributed by atoms with Crippen LogP contribution in [-0.2, 0) is 0 Å². The molecule has 0 aliphatic carbocycles. The second-order valence-corrected chi connectivity index (χ2v) is 6.00. The Kier molecular flexibility index (Phi) is 6.20. The van der Waals surface area contributed by atoms with E-state index in [1.54, 1.807) is 11.8 Å². The third kappa shape index (κ3) is 6.12. The van der Waals surface area contributed by atoms with Crippen LogP contribution < -0.4 is 5.32 Å². The number of hydrogen-bond donors (Lipinski definition) is 1. The Bertz CT molecular complexity index is 273. The predicted molar refractivity (Wildman–Crippen MR) is 67.7 cm³/mol. The first kappa shape index (κ1) is 12.9. The Morgan fingerprint density at radius 3 is 2.87 bits per heavy atom. The Labute approximate surface area is 100 Å². The molecule has 0 fully saturated rings. The first-order chi connectivity index (χ1) is 7.18. The fourth-order valence-electron chi connectivity index (χ4n) is 1.08. The largest absolute Gasteiger partial charge is 0.316 e. The van der Waals surface area contributed by atoms with Gasteiger partial charge < -0.3 is 5.32 Å². The predicted octanol–water partition coefficient (Wildman–Crippen LogP) is 2.57. The zero-order chi connectivity index (χ0) is 11.1. The molecule has 0 unspecified atom stereocenters. The van der Waals surface area contributed by atoms with Gasteiger partial charge in [0.2, 0.25) is 0 Å². The minimum atomic E-state index is 0.739. The van der Waals surface area contributed by atoms with Gasteiger partial charge >= 0.3 is 0 Å². The van der Waals surface area contributed by atoms with Crippen molar-refractivity contribution in [1.82, 2.24) is 14.7 Å². The van der Waals surface area contributed by atoms with Crippen molar-refractivity contribution >= 4 is 23.3 Å². The van der Waals surface area contributed by atoms with Gasteiger partial charge in [-0.2, -0.15) is 4.37 Å². The average molecular weight is 245 g/mol. The standard InChI is InChI=1S/C10H19N3S2/c1-8(2)7-11-5-4-6-14-10-12-9(3)13-15-10/h8,11H,4-7H2,1-3H3. The fourth-order valence-corrected chi connectivity index (χ4v) is 2.74. The van der Waals surface area contributed by atoms with Gasteiger partial charge in [0.25, 0.3) is 0 Å². The lowest BCUT2D eigenvalue weighted by atomic mass is 10.2. The number of aryl methyl sites for hydroxylation is 1. The second-order valence-electron chi connectivity index (χ2n) is 3.91. The lowest BCUT2D eigenvalue weighted by molar-refractivity contribution is 0.552. The molecular formula is C10H19N3S2. The van der Waals surface area contributed by atoms with E-state index < -0.39 is 0 Å². The molecule has 0 aliphatic heterocycles. The number of hydrogen-bond acceptors (Lipinski definition) is 5. The van der Waals surface area contributed by atoms with Crippen LogP contribution in [0.3, 0.4) is 0 Å². The van der Waals surface area contributed by atoms with Gasteiger partial charge in [0, 0.05) is 5.75 Å². The van der Waals surface area contributed by atoms with E-state index >= 15 is 0 Å². The molecule has 1 aromatic rings. The third-order valence-corrected chi connectivity index (χ3v) is 3.80. The van der Waals surface area contributed by atoms with Crippen LogP contribution in [0.15, 0.2) is 4.34 Å². The van der Waals surface area contributed by atoms with Crippen molar-refractivity contribution < 1.29 is 0 Å². The van der Waals surface area contributed by atoms with Gasteiger partial charge in [-0.3, -0.25) is 0 Å². The maximum Gasteiger partial charge on any atom is 0.170 e. The van der Waals surface area contributed by atoms with Crippen molar-refractivity contribution in [2.75, 3.05) is 18.8 Å². The number of aromatic nitrogens is 2. The molecule has 0 aromatic carbocycles. The normalized spacial score (nSPS) is 11.2. The summed E-state index contributed by atoms with van der Waals surface area (Å²) in [6.45, 7) is 8.60. The van der Waals surface area contributed by atoms with Gasteiger partial charge in [-0.25, -0.2) is 4.98 Å². The highest BCUT2D eigenvalue weighted by Gasteiger charge is 2.00. The maximum atomic E-state index is 4.31. The number of thioether (sulfide) groups is 1. The quantitative estimate of drug-likeness (QED) is 0.592. The molecular weight excluding hydrogens is 226 g/mol. The van der Waals surface area contributed by atoms with Gasteiger partial charge in [0.15, 0.2) is 4.34 Å². The number of rotatable bonds is 7. The Balaban J connectivity index is 1.98. The van der Waals surface area contributed by atoms with Crippen molar-refractivity contribution in [3.8, 4) is 0 Å². The van der Waals surface area contributed by atoms with E-state index in [4.69, 9.17) is 0 Å². The second kappa shape index (κ2) is 7.19. The van der Waals surface area contributed by atoms with Crippen molar-refractivity contribution in [3.63, 3.8) is 0 Å². The molecule has 5 heteroatoms. The zero-order valence-corrected chi connectivity index (χ0v) is 11.2. The monoisotopic (exact) mass is 245 g/mol. The number of nitrogens with zero attached hydrogens (tertiary/aromatic N) is 2. The highest BCUT2D eigenvalue weighted by Crippen LogP contribution is 2.19. The molecule has 3 nitrogen and oxygen atoms in total. The van der Waals surface area contributed by atoms with Crippen LogP contribution in [0.4, 0.5) is 0 Å². The summed E-state index contributed by atoms with van der Waals surface area (Å²) in [5.74, 6) is 2.75. The molecule has 1 aromatic heterocycles. The van der Waals surface area contributed by atoms with E-state index in [0.717, 1.165) is 34.9 Å². The van der Waals surface area contributed by atoms with E-state index in [0.29, 0.717) is 0 Å². The van der Waals surface area contributed by atoms with Crippen molar-refractivity contribution in [3.05, 3.63) is 5.82 Å². The lowest BCUT2D eigenvalue weighted by Gasteiger charge is -2.05. The van der Waals surface area contributed by atoms with Crippen LogP contribution in [0.25, 0.3) is 0 Å². The Morgan fingerprint density at radius 2 is 2.27 bits per heavy atom.